The van der Waals surface area contributed by atoms with E-state index < -0.39 is 0 Å². The van der Waals surface area contributed by atoms with E-state index >= 15 is 0 Å². The highest BCUT2D eigenvalue weighted by atomic mass is 35.5. The van der Waals surface area contributed by atoms with Crippen molar-refractivity contribution in [1.29, 1.82) is 0 Å². The van der Waals surface area contributed by atoms with Crippen molar-refractivity contribution in [3.63, 3.8) is 0 Å². The molecule has 0 amide bonds. The number of benzene rings is 2. The van der Waals surface area contributed by atoms with E-state index in [0.29, 0.717) is 32.9 Å². The number of rotatable bonds is 6. The number of anilines is 1. The van der Waals surface area contributed by atoms with Gasteiger partial charge in [0.1, 0.15) is 12.4 Å². The van der Waals surface area contributed by atoms with Crippen LogP contribution in [0.15, 0.2) is 36.4 Å². The molecule has 0 unspecified atom stereocenters. The molecule has 0 aliphatic carbocycles. The molecule has 3 aromatic rings. The van der Waals surface area contributed by atoms with Gasteiger partial charge in [-0.15, -0.1) is 4.79 Å². The van der Waals surface area contributed by atoms with E-state index in [4.69, 9.17) is 45.3 Å². The van der Waals surface area contributed by atoms with Gasteiger partial charge in [-0.3, -0.25) is 0 Å². The van der Waals surface area contributed by atoms with Crippen LogP contribution in [0.1, 0.15) is 11.1 Å². The van der Waals surface area contributed by atoms with Crippen LogP contribution >= 0.6 is 34.8 Å². The minimum Gasteiger partial charge on any atom is -0.488 e. The molecule has 0 aliphatic rings. The third-order valence-corrected chi connectivity index (χ3v) is 4.31. The van der Waals surface area contributed by atoms with Crippen LogP contribution in [-0.2, 0) is 13.2 Å². The second kappa shape index (κ2) is 7.77. The van der Waals surface area contributed by atoms with Crippen LogP contribution in [-0.4, -0.2) is 20.3 Å². The van der Waals surface area contributed by atoms with Crippen molar-refractivity contribution in [2.45, 2.75) is 13.2 Å². The van der Waals surface area contributed by atoms with Crippen LogP contribution in [0.4, 0.5) is 5.95 Å². The molecule has 0 fully saturated rings. The molecule has 1 heterocycles. The van der Waals surface area contributed by atoms with Crippen LogP contribution in [0.5, 0.6) is 5.75 Å². The summed E-state index contributed by atoms with van der Waals surface area (Å²) in [4.78, 5) is 1.26. The van der Waals surface area contributed by atoms with Gasteiger partial charge in [-0.2, -0.15) is 0 Å². The first-order valence-electron chi connectivity index (χ1n) is 7.16. The maximum atomic E-state index is 6.17. The number of hydrogen-bond donors (Lipinski definition) is 2. The first-order valence-corrected chi connectivity index (χ1v) is 8.30. The molecule has 0 aliphatic heterocycles. The van der Waals surface area contributed by atoms with Gasteiger partial charge in [0.15, 0.2) is 0 Å². The summed E-state index contributed by atoms with van der Waals surface area (Å²) in [5.41, 5.74) is 10.1. The number of ether oxygens (including phenoxy) is 1. The number of nitrogens with one attached hydrogen (secondary N) is 1. The molecule has 0 spiro atoms. The van der Waals surface area contributed by atoms with Gasteiger partial charge < -0.3 is 15.9 Å². The maximum Gasteiger partial charge on any atom is 0.260 e. The van der Waals surface area contributed by atoms with Gasteiger partial charge in [0.2, 0.25) is 0 Å². The fourth-order valence-electron chi connectivity index (χ4n) is 2.11. The monoisotopic (exact) mass is 398 g/mol. The van der Waals surface area contributed by atoms with Crippen LogP contribution in [0.3, 0.4) is 0 Å². The number of nitrogens with zero attached hydrogens (tertiary/aromatic N) is 4. The topological polar surface area (TPSA) is 90.9 Å². The molecule has 2 aromatic carbocycles. The van der Waals surface area contributed by atoms with Crippen molar-refractivity contribution in [2.24, 2.45) is 0 Å². The molecule has 7 nitrogen and oxygen atoms in total. The number of aromatic nitrogens is 4. The van der Waals surface area contributed by atoms with Gasteiger partial charge in [0.05, 0.1) is 6.54 Å². The minimum atomic E-state index is 0.146. The van der Waals surface area contributed by atoms with Gasteiger partial charge in [-0.25, -0.2) is 0 Å². The van der Waals surface area contributed by atoms with E-state index in [-0.39, 0.29) is 12.6 Å². The Hall–Kier alpha value is -2.22. The molecule has 1 aromatic heterocycles. The number of tetrazole rings is 1. The normalized spacial score (nSPS) is 10.7. The molecule has 130 valence electrons. The number of hydrogen-bond acceptors (Lipinski definition) is 6. The van der Waals surface area contributed by atoms with Crippen LogP contribution in [0, 0.1) is 0 Å². The standard InChI is InChI=1S/C15H13Cl3N6O/c16-10-4-5-14(25-8-11-12(17)2-1-3-13(11)18)9(6-10)7-20-24-15(19)21-22-23-24/h1-6,20H,7-8H2,(H2,19,21,23). The quantitative estimate of drug-likeness (QED) is 0.659. The molecular formula is C15H13Cl3N6O. The predicted octanol–water partition coefficient (Wildman–Crippen LogP) is 3.54. The highest BCUT2D eigenvalue weighted by Crippen LogP contribution is 2.28. The van der Waals surface area contributed by atoms with Crippen molar-refractivity contribution >= 4 is 40.8 Å². The van der Waals surface area contributed by atoms with Crippen LogP contribution < -0.4 is 15.9 Å². The number of nitrogen functional groups attached to an aromatic ring is 1. The summed E-state index contributed by atoms with van der Waals surface area (Å²) < 4.78 is 5.88. The van der Waals surface area contributed by atoms with Crippen molar-refractivity contribution in [3.05, 3.63) is 62.6 Å². The van der Waals surface area contributed by atoms with E-state index in [0.717, 1.165) is 5.56 Å². The first kappa shape index (κ1) is 17.6. The fraction of sp³-hybridized carbons (Fsp3) is 0.133. The highest BCUT2D eigenvalue weighted by Gasteiger charge is 2.10. The second-order valence-corrected chi connectivity index (χ2v) is 6.28. The van der Waals surface area contributed by atoms with E-state index in [1.807, 2.05) is 0 Å². The molecule has 3 N–H and O–H groups in total. The van der Waals surface area contributed by atoms with E-state index in [1.54, 1.807) is 36.4 Å². The van der Waals surface area contributed by atoms with Crippen molar-refractivity contribution in [1.82, 2.24) is 20.3 Å². The van der Waals surface area contributed by atoms with E-state index in [1.165, 1.54) is 4.79 Å². The van der Waals surface area contributed by atoms with E-state index in [9.17, 15) is 0 Å². The van der Waals surface area contributed by atoms with Gasteiger partial charge in [-0.1, -0.05) is 46.0 Å². The largest absolute Gasteiger partial charge is 0.488 e. The molecule has 0 atom stereocenters. The summed E-state index contributed by atoms with van der Waals surface area (Å²) in [6.07, 6.45) is 0. The Bertz CT molecular complexity index is 865. The van der Waals surface area contributed by atoms with E-state index in [2.05, 4.69) is 21.0 Å². The number of halogens is 3. The molecule has 0 radical (unpaired) electrons. The summed E-state index contributed by atoms with van der Waals surface area (Å²) in [7, 11) is 0. The van der Waals surface area contributed by atoms with Gasteiger partial charge in [-0.05, 0) is 40.8 Å². The van der Waals surface area contributed by atoms with Crippen LogP contribution in [0.25, 0.3) is 0 Å². The third-order valence-electron chi connectivity index (χ3n) is 3.37. The Balaban J connectivity index is 1.76. The molecule has 3 rings (SSSR count). The zero-order valence-electron chi connectivity index (χ0n) is 12.8. The lowest BCUT2D eigenvalue weighted by Gasteiger charge is -2.14. The summed E-state index contributed by atoms with van der Waals surface area (Å²) >= 11 is 18.4. The molecular weight excluding hydrogens is 387 g/mol. The lowest BCUT2D eigenvalue weighted by molar-refractivity contribution is 0.303. The number of nitrogens with two attached hydrogens (primary N) is 1. The smallest absolute Gasteiger partial charge is 0.260 e. The van der Waals surface area contributed by atoms with Crippen molar-refractivity contribution in [2.75, 3.05) is 11.2 Å². The Morgan fingerprint density at radius 3 is 2.56 bits per heavy atom. The molecule has 0 saturated carbocycles. The predicted molar refractivity (Wildman–Crippen MR) is 97.5 cm³/mol. The Kier molecular flexibility index (Phi) is 5.47. The summed E-state index contributed by atoms with van der Waals surface area (Å²) in [6, 6.07) is 10.6. The highest BCUT2D eigenvalue weighted by molar-refractivity contribution is 6.36. The summed E-state index contributed by atoms with van der Waals surface area (Å²) in [6.45, 7) is 0.571. The summed E-state index contributed by atoms with van der Waals surface area (Å²) in [5.74, 6) is 0.770. The first-order chi connectivity index (χ1) is 12.0. The third kappa shape index (κ3) is 4.25. The molecule has 0 bridgehead atoms. The molecule has 25 heavy (non-hydrogen) atoms. The van der Waals surface area contributed by atoms with Crippen molar-refractivity contribution in [3.8, 4) is 5.75 Å². The zero-order chi connectivity index (χ0) is 17.8. The van der Waals surface area contributed by atoms with Gasteiger partial charge in [0.25, 0.3) is 5.95 Å². The average molecular weight is 400 g/mol. The Morgan fingerprint density at radius 2 is 1.88 bits per heavy atom. The molecule has 0 saturated heterocycles. The lowest BCUT2D eigenvalue weighted by Crippen LogP contribution is -2.18. The Morgan fingerprint density at radius 1 is 1.12 bits per heavy atom. The maximum absolute atomic E-state index is 6.17. The molecule has 10 heteroatoms. The lowest BCUT2D eigenvalue weighted by atomic mass is 10.2. The fourth-order valence-corrected chi connectivity index (χ4v) is 2.82. The van der Waals surface area contributed by atoms with Crippen molar-refractivity contribution < 1.29 is 4.74 Å². The second-order valence-electron chi connectivity index (χ2n) is 5.02. The SMILES string of the molecule is Nc1nnnn1NCc1cc(Cl)ccc1OCc1c(Cl)cccc1Cl. The van der Waals surface area contributed by atoms with Gasteiger partial charge >= 0.3 is 0 Å². The zero-order valence-corrected chi connectivity index (χ0v) is 15.1. The average Bonchev–Trinajstić information content (AvgIpc) is 2.99. The van der Waals surface area contributed by atoms with Crippen LogP contribution in [0.2, 0.25) is 15.1 Å². The minimum absolute atomic E-state index is 0.146. The van der Waals surface area contributed by atoms with Gasteiger partial charge in [0, 0.05) is 26.2 Å². The summed E-state index contributed by atoms with van der Waals surface area (Å²) in [5, 5.41) is 12.4. The Labute approximate surface area is 158 Å².